The van der Waals surface area contributed by atoms with Crippen LogP contribution in [0.15, 0.2) is 232 Å². The van der Waals surface area contributed by atoms with Crippen molar-refractivity contribution >= 4 is 88.7 Å². The average molecular weight is 848 g/mol. The first-order chi connectivity index (χ1) is 32.0. The van der Waals surface area contributed by atoms with E-state index in [9.17, 15) is 0 Å². The molecule has 0 radical (unpaired) electrons. The van der Waals surface area contributed by atoms with Gasteiger partial charge in [-0.05, 0) is 137 Å². The summed E-state index contributed by atoms with van der Waals surface area (Å²) in [6.45, 7) is 14.8. The van der Waals surface area contributed by atoms with Crippen molar-refractivity contribution in [1.82, 2.24) is 0 Å². The molecule has 1 heterocycles. The van der Waals surface area contributed by atoms with Crippen molar-refractivity contribution in [2.24, 2.45) is 0 Å². The third-order valence-electron chi connectivity index (χ3n) is 12.8. The third kappa shape index (κ3) is 6.79. The van der Waals surface area contributed by atoms with Crippen LogP contribution in [0.1, 0.15) is 18.1 Å². The summed E-state index contributed by atoms with van der Waals surface area (Å²) in [6, 6.07) is 71.1. The summed E-state index contributed by atoms with van der Waals surface area (Å²) in [6.07, 6.45) is 8.07. The Morgan fingerprint density at radius 2 is 0.985 bits per heavy atom. The zero-order valence-electron chi connectivity index (χ0n) is 36.3. The van der Waals surface area contributed by atoms with Gasteiger partial charge in [0.05, 0.1) is 5.69 Å². The van der Waals surface area contributed by atoms with Gasteiger partial charge in [-0.25, -0.2) is 0 Å². The molecule has 0 bridgehead atoms. The number of hydrogen-bond donors (Lipinski definition) is 0. The molecule has 0 aliphatic heterocycles. The molecule has 0 amide bonds. The molecule has 0 N–H and O–H groups in total. The molecule has 0 fully saturated rings. The van der Waals surface area contributed by atoms with Crippen LogP contribution in [-0.4, -0.2) is 0 Å². The number of para-hydroxylation sites is 1. The fourth-order valence-corrected chi connectivity index (χ4v) is 11.0. The van der Waals surface area contributed by atoms with E-state index in [0.29, 0.717) is 0 Å². The van der Waals surface area contributed by atoms with Gasteiger partial charge in [-0.3, -0.25) is 0 Å². The van der Waals surface area contributed by atoms with Crippen molar-refractivity contribution in [3.8, 4) is 43.1 Å². The lowest BCUT2D eigenvalue weighted by molar-refractivity contribution is 1.24. The molecule has 0 aliphatic carbocycles. The molecule has 0 aliphatic rings. The molecule has 1 nitrogen and oxygen atoms in total. The summed E-state index contributed by atoms with van der Waals surface area (Å²) < 4.78 is 0. The number of thiophene rings is 1. The molecule has 0 spiro atoms. The molecular weight excluding hydrogens is 803 g/mol. The fraction of sp³-hybridized carbons (Fsp3) is 0.0159. The van der Waals surface area contributed by atoms with Gasteiger partial charge in [-0.15, -0.1) is 11.3 Å². The highest BCUT2D eigenvalue weighted by atomic mass is 32.1. The Morgan fingerprint density at radius 3 is 1.65 bits per heavy atom. The minimum absolute atomic E-state index is 0.819. The van der Waals surface area contributed by atoms with E-state index in [1.807, 2.05) is 23.5 Å². The Kier molecular flexibility index (Phi) is 10.1. The minimum atomic E-state index is 0.819. The second kappa shape index (κ2) is 16.6. The van der Waals surface area contributed by atoms with Crippen LogP contribution in [0.4, 0.5) is 11.4 Å². The maximum Gasteiger partial charge on any atom is 0.0618 e. The molecule has 0 unspecified atom stereocenters. The van der Waals surface area contributed by atoms with Crippen LogP contribution in [0.25, 0.3) is 109 Å². The van der Waals surface area contributed by atoms with Crippen molar-refractivity contribution < 1.29 is 0 Å². The van der Waals surface area contributed by atoms with Crippen LogP contribution in [-0.2, 0) is 0 Å². The first kappa shape index (κ1) is 39.8. The first-order valence-corrected chi connectivity index (χ1v) is 22.9. The van der Waals surface area contributed by atoms with E-state index in [1.54, 1.807) is 0 Å². The number of allylic oxidation sites excluding steroid dienone is 2. The van der Waals surface area contributed by atoms with Crippen molar-refractivity contribution in [2.75, 3.05) is 4.90 Å². The average Bonchev–Trinajstić information content (AvgIpc) is 3.85. The van der Waals surface area contributed by atoms with Gasteiger partial charge in [-0.2, -0.15) is 0 Å². The summed E-state index contributed by atoms with van der Waals surface area (Å²) in [4.78, 5) is 4.69. The van der Waals surface area contributed by atoms with E-state index in [0.717, 1.165) is 39.0 Å². The maximum atomic E-state index is 4.48. The fourth-order valence-electron chi connectivity index (χ4n) is 9.88. The predicted octanol–water partition coefficient (Wildman–Crippen LogP) is 18.7. The number of nitrogens with zero attached hydrogens (tertiary/aromatic N) is 1. The van der Waals surface area contributed by atoms with Gasteiger partial charge in [0.2, 0.25) is 0 Å². The third-order valence-corrected chi connectivity index (χ3v) is 14.0. The Bertz CT molecular complexity index is 3680. The Hall–Kier alpha value is -8.04. The summed E-state index contributed by atoms with van der Waals surface area (Å²) in [5, 5.41) is 12.1. The van der Waals surface area contributed by atoms with E-state index in [-0.39, 0.29) is 0 Å². The molecule has 0 atom stereocenters. The van der Waals surface area contributed by atoms with Gasteiger partial charge in [-0.1, -0.05) is 190 Å². The maximum absolute atomic E-state index is 4.48. The summed E-state index contributed by atoms with van der Waals surface area (Å²) in [7, 11) is 0. The molecule has 1 aromatic heterocycles. The van der Waals surface area contributed by atoms with Crippen molar-refractivity contribution in [3.63, 3.8) is 0 Å². The highest BCUT2D eigenvalue weighted by molar-refractivity contribution is 7.19. The zero-order valence-corrected chi connectivity index (χ0v) is 37.1. The van der Waals surface area contributed by atoms with Crippen LogP contribution in [0.2, 0.25) is 0 Å². The van der Waals surface area contributed by atoms with Gasteiger partial charge < -0.3 is 4.90 Å². The van der Waals surface area contributed by atoms with Crippen LogP contribution in [0.3, 0.4) is 0 Å². The van der Waals surface area contributed by atoms with Gasteiger partial charge in [0.15, 0.2) is 0 Å². The van der Waals surface area contributed by atoms with E-state index in [4.69, 9.17) is 0 Å². The van der Waals surface area contributed by atoms with Gasteiger partial charge >= 0.3 is 0 Å². The predicted molar refractivity (Wildman–Crippen MR) is 286 cm³/mol. The Balaban J connectivity index is 1.15. The molecule has 2 heteroatoms. The van der Waals surface area contributed by atoms with Crippen molar-refractivity contribution in [2.45, 2.75) is 6.92 Å². The second-order valence-corrected chi connectivity index (χ2v) is 17.6. The molecule has 11 rings (SSSR count). The molecule has 0 saturated heterocycles. The quantitative estimate of drug-likeness (QED) is 0.0979. The highest BCUT2D eigenvalue weighted by Gasteiger charge is 2.23. The Morgan fingerprint density at radius 1 is 0.446 bits per heavy atom. The molecule has 10 aromatic carbocycles. The van der Waals surface area contributed by atoms with Crippen molar-refractivity contribution in [1.29, 1.82) is 0 Å². The topological polar surface area (TPSA) is 3.24 Å². The van der Waals surface area contributed by atoms with E-state index < -0.39 is 0 Å². The summed E-state index contributed by atoms with van der Waals surface area (Å²) in [5.74, 6) is 0. The monoisotopic (exact) mass is 847 g/mol. The highest BCUT2D eigenvalue weighted by Crippen LogP contribution is 2.50. The summed E-state index contributed by atoms with van der Waals surface area (Å²) >= 11 is 1.85. The van der Waals surface area contributed by atoms with Gasteiger partial charge in [0.1, 0.15) is 0 Å². The minimum Gasteiger partial charge on any atom is -0.310 e. The molecule has 11 aromatic rings. The van der Waals surface area contributed by atoms with E-state index in [1.165, 1.54) is 86.2 Å². The second-order valence-electron chi connectivity index (χ2n) is 16.5. The summed E-state index contributed by atoms with van der Waals surface area (Å²) in [5.41, 5.74) is 12.5. The molecule has 65 heavy (non-hydrogen) atoms. The number of benzene rings is 10. The Labute approximate surface area is 384 Å². The standard InChI is InChI=1S/C63H45NS/c1-5-19-44-38-47(32-30-42(44)7-3)60-50-24-13-14-25-51(50)61(48-33-31-43-20-11-12-21-45(43)39-48)57-40-46(34-35-54(57)60)58-36-37-59(65-58)62-52-26-15-17-28-55(52)63(56-29-18-16-27-53(56)62)64(41(4)6-2)49-22-9-8-10-23-49/h5-40H,2-4H2,1H3/b19-5-. The number of fused-ring (bicyclic) bond motifs is 5. The number of rotatable bonds is 10. The SMILES string of the molecule is C=CC(=C)N(c1ccccc1)c1c2ccccc2c(-c2ccc(-c3ccc4c(-c5ccc(C=C)c(/C=C\C)c5)c5ccccc5c(-c5ccc6ccccc6c5)c4c3)s2)c2ccccc12. The molecule has 308 valence electrons. The number of anilines is 2. The first-order valence-electron chi connectivity index (χ1n) is 22.1. The van der Waals surface area contributed by atoms with Crippen LogP contribution < -0.4 is 4.90 Å². The van der Waals surface area contributed by atoms with Gasteiger partial charge in [0.25, 0.3) is 0 Å². The zero-order chi connectivity index (χ0) is 44.0. The van der Waals surface area contributed by atoms with Crippen LogP contribution >= 0.6 is 11.3 Å². The smallest absolute Gasteiger partial charge is 0.0618 e. The number of hydrogen-bond acceptors (Lipinski definition) is 2. The van der Waals surface area contributed by atoms with E-state index >= 15 is 0 Å². The van der Waals surface area contributed by atoms with Crippen LogP contribution in [0, 0.1) is 0 Å². The largest absolute Gasteiger partial charge is 0.310 e. The van der Waals surface area contributed by atoms with E-state index in [2.05, 4.69) is 238 Å². The molecular formula is C63H45NS. The van der Waals surface area contributed by atoms with Crippen LogP contribution in [0.5, 0.6) is 0 Å². The lowest BCUT2D eigenvalue weighted by Gasteiger charge is -2.29. The lowest BCUT2D eigenvalue weighted by atomic mass is 9.84. The molecule has 0 saturated carbocycles. The van der Waals surface area contributed by atoms with Crippen molar-refractivity contribution in [3.05, 3.63) is 243 Å². The normalized spacial score (nSPS) is 11.6. The van der Waals surface area contributed by atoms with Gasteiger partial charge in [0, 0.05) is 37.5 Å². The lowest BCUT2D eigenvalue weighted by Crippen LogP contribution is -2.15.